The predicted octanol–water partition coefficient (Wildman–Crippen LogP) is 4.35. The Labute approximate surface area is 222 Å². The summed E-state index contributed by atoms with van der Waals surface area (Å²) in [6.07, 6.45) is 8.79. The molecule has 1 aliphatic heterocycles. The van der Waals surface area contributed by atoms with Crippen LogP contribution < -0.4 is 25.2 Å². The van der Waals surface area contributed by atoms with E-state index in [9.17, 15) is 14.0 Å². The van der Waals surface area contributed by atoms with Crippen LogP contribution in [-0.2, 0) is 4.79 Å². The Kier molecular flexibility index (Phi) is 6.36. The maximum Gasteiger partial charge on any atom is 0.251 e. The molecule has 0 bridgehead atoms. The molecule has 202 valence electrons. The van der Waals surface area contributed by atoms with Crippen LogP contribution in [0.1, 0.15) is 68.1 Å². The van der Waals surface area contributed by atoms with Gasteiger partial charge >= 0.3 is 0 Å². The fraction of sp³-hybridized carbons (Fsp3) is 0.571. The molecule has 4 aliphatic rings. The molecule has 6 rings (SSSR count). The van der Waals surface area contributed by atoms with Crippen molar-refractivity contribution >= 4 is 35.0 Å². The van der Waals surface area contributed by atoms with Crippen LogP contribution in [0.5, 0.6) is 5.75 Å². The van der Waals surface area contributed by atoms with Crippen molar-refractivity contribution < 1.29 is 18.7 Å². The zero-order valence-corrected chi connectivity index (χ0v) is 22.0. The highest BCUT2D eigenvalue weighted by atomic mass is 19.1. The molecule has 38 heavy (non-hydrogen) atoms. The number of anilines is 4. The van der Waals surface area contributed by atoms with Crippen molar-refractivity contribution in [3.63, 3.8) is 0 Å². The van der Waals surface area contributed by atoms with Gasteiger partial charge in [-0.3, -0.25) is 9.59 Å². The predicted molar refractivity (Wildman–Crippen MR) is 143 cm³/mol. The zero-order chi connectivity index (χ0) is 26.4. The fourth-order valence-electron chi connectivity index (χ4n) is 6.23. The smallest absolute Gasteiger partial charge is 0.251 e. The lowest BCUT2D eigenvalue weighted by Gasteiger charge is -2.31. The third-order valence-corrected chi connectivity index (χ3v) is 8.65. The van der Waals surface area contributed by atoms with Crippen molar-refractivity contribution in [2.24, 2.45) is 5.41 Å². The number of nitrogens with zero attached hydrogens (tertiary/aromatic N) is 4. The van der Waals surface area contributed by atoms with Crippen LogP contribution in [0.2, 0.25) is 0 Å². The lowest BCUT2D eigenvalue weighted by molar-refractivity contribution is -0.122. The largest absolute Gasteiger partial charge is 0.495 e. The first kappa shape index (κ1) is 24.9. The number of aromatic nitrogens is 2. The van der Waals surface area contributed by atoms with Gasteiger partial charge < -0.3 is 25.2 Å². The molecule has 0 radical (unpaired) electrons. The summed E-state index contributed by atoms with van der Waals surface area (Å²) in [7, 11) is 3.37. The van der Waals surface area contributed by atoms with E-state index in [1.807, 2.05) is 7.05 Å². The van der Waals surface area contributed by atoms with Gasteiger partial charge in [-0.25, -0.2) is 9.37 Å². The van der Waals surface area contributed by atoms with Gasteiger partial charge in [0.15, 0.2) is 5.82 Å². The Balaban J connectivity index is 1.26. The molecular weight excluding hydrogens is 487 g/mol. The maximum absolute atomic E-state index is 13.5. The summed E-state index contributed by atoms with van der Waals surface area (Å²) in [5.41, 5.74) is 1.49. The summed E-state index contributed by atoms with van der Waals surface area (Å²) in [5, 5.41) is 6.17. The number of carbonyl (C=O) groups is 2. The molecule has 0 saturated heterocycles. The Morgan fingerprint density at radius 3 is 2.66 bits per heavy atom. The first-order valence-corrected chi connectivity index (χ1v) is 13.7. The first-order chi connectivity index (χ1) is 18.4. The van der Waals surface area contributed by atoms with E-state index in [0.29, 0.717) is 54.8 Å². The number of fused-ring (bicyclic) bond motifs is 1. The average Bonchev–Trinajstić information content (AvgIpc) is 3.30. The van der Waals surface area contributed by atoms with E-state index in [4.69, 9.17) is 9.72 Å². The molecule has 2 N–H and O–H groups in total. The number of carbonyl (C=O) groups excluding carboxylic acids is 2. The van der Waals surface area contributed by atoms with E-state index < -0.39 is 6.17 Å². The second-order valence-corrected chi connectivity index (χ2v) is 11.2. The molecule has 1 aromatic carbocycles. The Bertz CT molecular complexity index is 1250. The number of methoxy groups -OCH3 is 1. The number of hydrogen-bond donors (Lipinski definition) is 2. The molecule has 10 heteroatoms. The Hall–Kier alpha value is -3.43. The van der Waals surface area contributed by atoms with Gasteiger partial charge in [-0.15, -0.1) is 0 Å². The molecular formula is C28H35FN6O3. The highest BCUT2D eigenvalue weighted by molar-refractivity contribution is 6.03. The van der Waals surface area contributed by atoms with Crippen molar-refractivity contribution in [2.75, 3.05) is 35.8 Å². The molecule has 1 aromatic heterocycles. The van der Waals surface area contributed by atoms with E-state index in [-0.39, 0.29) is 23.3 Å². The number of amides is 2. The second kappa shape index (κ2) is 9.71. The minimum Gasteiger partial charge on any atom is -0.495 e. The molecule has 3 aliphatic carbocycles. The summed E-state index contributed by atoms with van der Waals surface area (Å²) < 4.78 is 19.1. The zero-order valence-electron chi connectivity index (χ0n) is 22.0. The van der Waals surface area contributed by atoms with Crippen LogP contribution in [0.25, 0.3) is 0 Å². The average molecular weight is 523 g/mol. The van der Waals surface area contributed by atoms with Gasteiger partial charge in [0.05, 0.1) is 24.4 Å². The standard InChI is InChI=1S/C28H35FN6O3/c1-34-22-15-30-27(33-24(22)35(20-5-3-4-6-20)16-28(11-12-28)26(34)37)32-21-10-7-17(13-23(21)38-2)25(36)31-19-9-8-18(29)14-19/h7,10,13,15,18-20H,3-6,8-9,11-12,14,16H2,1-2H3,(H,31,36)(H,30,32,33)/t18?,19-/m1/s1. The highest BCUT2D eigenvalue weighted by Gasteiger charge is 2.55. The molecule has 2 aromatic rings. The SMILES string of the molecule is COc1cc(C(=O)N[C@@H]2CCC(F)C2)ccc1Nc1ncc2c(n1)N(C1CCCC1)CC1(CC1)C(=O)N2C. The molecule has 3 fully saturated rings. The van der Waals surface area contributed by atoms with Gasteiger partial charge in [0.2, 0.25) is 11.9 Å². The summed E-state index contributed by atoms with van der Waals surface area (Å²) in [5.74, 6) is 1.56. The number of hydrogen-bond acceptors (Lipinski definition) is 7. The van der Waals surface area contributed by atoms with Crippen LogP contribution >= 0.6 is 0 Å². The molecule has 2 atom stereocenters. The molecule has 2 heterocycles. The molecule has 9 nitrogen and oxygen atoms in total. The van der Waals surface area contributed by atoms with E-state index in [1.54, 1.807) is 36.4 Å². The van der Waals surface area contributed by atoms with Gasteiger partial charge in [0.25, 0.3) is 5.91 Å². The third-order valence-electron chi connectivity index (χ3n) is 8.65. The summed E-state index contributed by atoms with van der Waals surface area (Å²) in [6, 6.07) is 5.36. The first-order valence-electron chi connectivity index (χ1n) is 13.7. The minimum atomic E-state index is -0.848. The quantitative estimate of drug-likeness (QED) is 0.582. The van der Waals surface area contributed by atoms with Gasteiger partial charge in [0, 0.05) is 31.2 Å². The maximum atomic E-state index is 13.5. The van der Waals surface area contributed by atoms with Crippen LogP contribution in [-0.4, -0.2) is 60.7 Å². The van der Waals surface area contributed by atoms with Crippen LogP contribution in [0.15, 0.2) is 24.4 Å². The number of ether oxygens (including phenoxy) is 1. The number of benzene rings is 1. The van der Waals surface area contributed by atoms with Crippen molar-refractivity contribution in [1.29, 1.82) is 0 Å². The second-order valence-electron chi connectivity index (χ2n) is 11.2. The van der Waals surface area contributed by atoms with Crippen LogP contribution in [0.3, 0.4) is 0 Å². The molecule has 2 amide bonds. The molecule has 3 saturated carbocycles. The Morgan fingerprint density at radius 2 is 1.97 bits per heavy atom. The summed E-state index contributed by atoms with van der Waals surface area (Å²) in [4.78, 5) is 39.6. The highest BCUT2D eigenvalue weighted by Crippen LogP contribution is 2.52. The van der Waals surface area contributed by atoms with E-state index in [1.165, 1.54) is 12.8 Å². The molecule has 1 spiro atoms. The van der Waals surface area contributed by atoms with Gasteiger partial charge in [-0.05, 0) is 63.1 Å². The Morgan fingerprint density at radius 1 is 1.18 bits per heavy atom. The minimum absolute atomic E-state index is 0.142. The summed E-state index contributed by atoms with van der Waals surface area (Å²) in [6.45, 7) is 0.696. The van der Waals surface area contributed by atoms with Crippen LogP contribution in [0, 0.1) is 5.41 Å². The van der Waals surface area contributed by atoms with Crippen molar-refractivity contribution in [2.45, 2.75) is 76.0 Å². The normalized spacial score (nSPS) is 24.3. The van der Waals surface area contributed by atoms with Crippen molar-refractivity contribution in [3.8, 4) is 5.75 Å². The van der Waals surface area contributed by atoms with Gasteiger partial charge in [-0.1, -0.05) is 12.8 Å². The number of alkyl halides is 1. The summed E-state index contributed by atoms with van der Waals surface area (Å²) >= 11 is 0. The number of rotatable bonds is 6. The third kappa shape index (κ3) is 4.54. The molecule has 1 unspecified atom stereocenters. The van der Waals surface area contributed by atoms with Crippen LogP contribution in [0.4, 0.5) is 27.5 Å². The fourth-order valence-corrected chi connectivity index (χ4v) is 6.23. The lowest BCUT2D eigenvalue weighted by atomic mass is 10.0. The van der Waals surface area contributed by atoms with Gasteiger partial charge in [-0.2, -0.15) is 4.98 Å². The van der Waals surface area contributed by atoms with Crippen molar-refractivity contribution in [1.82, 2.24) is 15.3 Å². The lowest BCUT2D eigenvalue weighted by Crippen LogP contribution is -2.41. The number of nitrogens with one attached hydrogen (secondary N) is 2. The van der Waals surface area contributed by atoms with Crippen molar-refractivity contribution in [3.05, 3.63) is 30.0 Å². The van der Waals surface area contributed by atoms with E-state index in [0.717, 1.165) is 37.2 Å². The van der Waals surface area contributed by atoms with E-state index >= 15 is 0 Å². The van der Waals surface area contributed by atoms with Gasteiger partial charge in [0.1, 0.15) is 17.6 Å². The number of halogens is 1. The van der Waals surface area contributed by atoms with E-state index in [2.05, 4.69) is 20.5 Å². The topological polar surface area (TPSA) is 99.7 Å². The monoisotopic (exact) mass is 522 g/mol.